The zero-order chi connectivity index (χ0) is 9.90. The van der Waals surface area contributed by atoms with Crippen LogP contribution in [0, 0.1) is 0 Å². The van der Waals surface area contributed by atoms with Crippen LogP contribution < -0.4 is 0 Å². The fourth-order valence-electron chi connectivity index (χ4n) is 0.823. The first-order valence-electron chi connectivity index (χ1n) is 3.30. The van der Waals surface area contributed by atoms with Gasteiger partial charge >= 0.3 is 6.05 Å². The average molecular weight is 204 g/mol. The molecule has 0 radical (unpaired) electrons. The standard InChI is InChI=1S/C8H4ClF2NO/c9-7-4-2-1-3-6(7)8(10,11)12-5-13/h1-4H. The lowest BCUT2D eigenvalue weighted by Crippen LogP contribution is -2.09. The zero-order valence-corrected chi connectivity index (χ0v) is 7.05. The molecular weight excluding hydrogens is 200 g/mol. The second-order valence-corrected chi connectivity index (χ2v) is 2.63. The molecule has 13 heavy (non-hydrogen) atoms. The highest BCUT2D eigenvalue weighted by molar-refractivity contribution is 6.31. The molecular formula is C8H4ClF2NO. The summed E-state index contributed by atoms with van der Waals surface area (Å²) in [5.41, 5.74) is -0.500. The molecule has 1 aromatic carbocycles. The lowest BCUT2D eigenvalue weighted by molar-refractivity contribution is 0.00629. The second-order valence-electron chi connectivity index (χ2n) is 2.22. The first-order chi connectivity index (χ1) is 6.08. The Kier molecular flexibility index (Phi) is 2.76. The Balaban J connectivity index is 3.21. The molecule has 0 aliphatic carbocycles. The van der Waals surface area contributed by atoms with E-state index in [4.69, 9.17) is 11.6 Å². The summed E-state index contributed by atoms with van der Waals surface area (Å²) in [6, 6.07) is 1.69. The van der Waals surface area contributed by atoms with E-state index >= 15 is 0 Å². The van der Waals surface area contributed by atoms with E-state index in [2.05, 4.69) is 4.99 Å². The Morgan fingerprint density at radius 3 is 2.54 bits per heavy atom. The summed E-state index contributed by atoms with van der Waals surface area (Å²) in [6.07, 6.45) is 0.800. The molecule has 1 aromatic rings. The van der Waals surface area contributed by atoms with Gasteiger partial charge in [-0.2, -0.15) is 8.78 Å². The SMILES string of the molecule is O=C=NC(F)(F)c1ccccc1Cl. The molecule has 0 unspecified atom stereocenters. The van der Waals surface area contributed by atoms with Crippen molar-refractivity contribution in [1.82, 2.24) is 0 Å². The highest BCUT2D eigenvalue weighted by Gasteiger charge is 2.32. The Bertz CT molecular complexity index is 361. The first kappa shape index (κ1) is 9.84. The van der Waals surface area contributed by atoms with Crippen LogP contribution in [0.1, 0.15) is 5.56 Å². The third kappa shape index (κ3) is 2.11. The molecule has 2 nitrogen and oxygen atoms in total. The van der Waals surface area contributed by atoms with Crippen LogP contribution in [0.5, 0.6) is 0 Å². The Labute approximate surface area is 77.9 Å². The van der Waals surface area contributed by atoms with Gasteiger partial charge in [-0.3, -0.25) is 0 Å². The van der Waals surface area contributed by atoms with Gasteiger partial charge in [-0.15, -0.1) is 4.99 Å². The van der Waals surface area contributed by atoms with Gasteiger partial charge in [0.05, 0.1) is 10.6 Å². The number of halogens is 3. The summed E-state index contributed by atoms with van der Waals surface area (Å²) in [4.78, 5) is 12.1. The lowest BCUT2D eigenvalue weighted by atomic mass is 10.2. The van der Waals surface area contributed by atoms with Crippen LogP contribution in [-0.4, -0.2) is 6.08 Å². The van der Waals surface area contributed by atoms with Crippen molar-refractivity contribution in [3.63, 3.8) is 0 Å². The van der Waals surface area contributed by atoms with Gasteiger partial charge < -0.3 is 0 Å². The fraction of sp³-hybridized carbons (Fsp3) is 0.125. The van der Waals surface area contributed by atoms with Gasteiger partial charge in [-0.1, -0.05) is 23.7 Å². The van der Waals surface area contributed by atoms with Crippen molar-refractivity contribution < 1.29 is 13.6 Å². The Hall–Kier alpha value is -1.25. The molecule has 0 amide bonds. The molecule has 0 N–H and O–H groups in total. The topological polar surface area (TPSA) is 29.4 Å². The summed E-state index contributed by atoms with van der Waals surface area (Å²) >= 11 is 5.47. The van der Waals surface area contributed by atoms with Crippen LogP contribution in [0.2, 0.25) is 5.02 Å². The quantitative estimate of drug-likeness (QED) is 0.413. The number of nitrogens with zero attached hydrogens (tertiary/aromatic N) is 1. The number of rotatable bonds is 2. The van der Waals surface area contributed by atoms with E-state index in [1.54, 1.807) is 0 Å². The fourth-order valence-corrected chi connectivity index (χ4v) is 1.07. The molecule has 0 aliphatic rings. The van der Waals surface area contributed by atoms with E-state index in [1.807, 2.05) is 0 Å². The van der Waals surface area contributed by atoms with Gasteiger partial charge in [-0.05, 0) is 12.1 Å². The molecule has 5 heteroatoms. The van der Waals surface area contributed by atoms with Gasteiger partial charge in [0.2, 0.25) is 6.08 Å². The summed E-state index contributed by atoms with van der Waals surface area (Å²) < 4.78 is 25.8. The van der Waals surface area contributed by atoms with E-state index < -0.39 is 11.6 Å². The molecule has 0 atom stereocenters. The molecule has 0 aliphatic heterocycles. The van der Waals surface area contributed by atoms with Crippen LogP contribution in [0.3, 0.4) is 0 Å². The van der Waals surface area contributed by atoms with Gasteiger partial charge in [-0.25, -0.2) is 4.79 Å². The Morgan fingerprint density at radius 2 is 2.00 bits per heavy atom. The largest absolute Gasteiger partial charge is 0.380 e. The molecule has 0 spiro atoms. The molecule has 0 aromatic heterocycles. The van der Waals surface area contributed by atoms with Gasteiger partial charge in [0, 0.05) is 0 Å². The van der Waals surface area contributed by atoms with Crippen molar-refractivity contribution in [2.75, 3.05) is 0 Å². The number of hydrogen-bond donors (Lipinski definition) is 0. The van der Waals surface area contributed by atoms with E-state index in [0.29, 0.717) is 0 Å². The second kappa shape index (κ2) is 3.64. The zero-order valence-electron chi connectivity index (χ0n) is 6.30. The number of carbonyl (C=O) groups excluding carboxylic acids is 1. The van der Waals surface area contributed by atoms with E-state index in [0.717, 1.165) is 12.1 Å². The van der Waals surface area contributed by atoms with E-state index in [1.165, 1.54) is 18.2 Å². The average Bonchev–Trinajstić information content (AvgIpc) is 2.04. The molecule has 1 rings (SSSR count). The molecule has 0 saturated heterocycles. The Morgan fingerprint density at radius 1 is 1.38 bits per heavy atom. The van der Waals surface area contributed by atoms with Crippen molar-refractivity contribution in [3.05, 3.63) is 34.9 Å². The highest BCUT2D eigenvalue weighted by Crippen LogP contribution is 2.33. The van der Waals surface area contributed by atoms with Crippen molar-refractivity contribution in [2.45, 2.75) is 6.05 Å². The normalized spacial score (nSPS) is 10.7. The van der Waals surface area contributed by atoms with Gasteiger partial charge in [0.15, 0.2) is 0 Å². The van der Waals surface area contributed by atoms with E-state index in [-0.39, 0.29) is 5.02 Å². The van der Waals surface area contributed by atoms with Crippen molar-refractivity contribution in [1.29, 1.82) is 0 Å². The van der Waals surface area contributed by atoms with E-state index in [9.17, 15) is 13.6 Å². The first-order valence-corrected chi connectivity index (χ1v) is 3.67. The summed E-state index contributed by atoms with van der Waals surface area (Å²) in [7, 11) is 0. The minimum absolute atomic E-state index is 0.133. The summed E-state index contributed by atoms with van der Waals surface area (Å²) in [5.74, 6) is 0. The summed E-state index contributed by atoms with van der Waals surface area (Å²) in [5, 5.41) is -0.133. The minimum Gasteiger partial charge on any atom is -0.211 e. The van der Waals surface area contributed by atoms with Crippen LogP contribution >= 0.6 is 11.6 Å². The molecule has 0 bridgehead atoms. The number of hydrogen-bond acceptors (Lipinski definition) is 2. The van der Waals surface area contributed by atoms with Gasteiger partial charge in [0.25, 0.3) is 0 Å². The maximum Gasteiger partial charge on any atom is 0.380 e. The van der Waals surface area contributed by atoms with Gasteiger partial charge in [0.1, 0.15) is 0 Å². The smallest absolute Gasteiger partial charge is 0.211 e. The van der Waals surface area contributed by atoms with Crippen LogP contribution in [0.25, 0.3) is 0 Å². The number of isocyanates is 1. The minimum atomic E-state index is -3.60. The third-order valence-corrected chi connectivity index (χ3v) is 1.71. The van der Waals surface area contributed by atoms with Crippen LogP contribution in [-0.2, 0) is 10.8 Å². The number of aliphatic imine (C=N–C) groups is 1. The van der Waals surface area contributed by atoms with Crippen LogP contribution in [0.4, 0.5) is 8.78 Å². The maximum absolute atomic E-state index is 12.9. The predicted octanol–water partition coefficient (Wildman–Crippen LogP) is 2.73. The third-order valence-electron chi connectivity index (χ3n) is 1.38. The van der Waals surface area contributed by atoms with Crippen molar-refractivity contribution in [2.24, 2.45) is 4.99 Å². The monoisotopic (exact) mass is 203 g/mol. The number of alkyl halides is 2. The molecule has 0 fully saturated rings. The molecule has 0 heterocycles. The van der Waals surface area contributed by atoms with Crippen molar-refractivity contribution in [3.8, 4) is 0 Å². The molecule has 0 saturated carbocycles. The number of benzene rings is 1. The maximum atomic E-state index is 12.9. The molecule has 68 valence electrons. The predicted molar refractivity (Wildman–Crippen MR) is 43.5 cm³/mol. The highest BCUT2D eigenvalue weighted by atomic mass is 35.5. The van der Waals surface area contributed by atoms with Crippen molar-refractivity contribution >= 4 is 17.7 Å². The lowest BCUT2D eigenvalue weighted by Gasteiger charge is -2.09. The summed E-state index contributed by atoms with van der Waals surface area (Å²) in [6.45, 7) is 0. The van der Waals surface area contributed by atoms with Crippen LogP contribution in [0.15, 0.2) is 29.3 Å².